The SMILES string of the molecule is Cc1cccc2c1cnn2CCCNC(=O)CCc1cnn(C)c1. The summed E-state index contributed by atoms with van der Waals surface area (Å²) in [5.74, 6) is 0.0834. The molecule has 0 saturated carbocycles. The molecule has 0 spiro atoms. The molecular formula is C18H23N5O. The normalized spacial score (nSPS) is 11.1. The molecule has 0 saturated heterocycles. The highest BCUT2D eigenvalue weighted by Gasteiger charge is 2.06. The van der Waals surface area contributed by atoms with Crippen molar-refractivity contribution < 1.29 is 4.79 Å². The highest BCUT2D eigenvalue weighted by atomic mass is 16.1. The molecule has 2 aromatic heterocycles. The zero-order valence-corrected chi connectivity index (χ0v) is 14.2. The third-order valence-electron chi connectivity index (χ3n) is 4.17. The molecule has 0 fully saturated rings. The second kappa shape index (κ2) is 7.29. The van der Waals surface area contributed by atoms with E-state index in [0.717, 1.165) is 30.5 Å². The van der Waals surface area contributed by atoms with E-state index in [1.165, 1.54) is 10.9 Å². The van der Waals surface area contributed by atoms with Gasteiger partial charge in [-0.25, -0.2) is 0 Å². The smallest absolute Gasteiger partial charge is 0.220 e. The van der Waals surface area contributed by atoms with Crippen LogP contribution in [0.15, 0.2) is 36.8 Å². The lowest BCUT2D eigenvalue weighted by Gasteiger charge is -2.06. The Balaban J connectivity index is 1.41. The topological polar surface area (TPSA) is 64.7 Å². The average Bonchev–Trinajstić information content (AvgIpc) is 3.17. The first-order valence-corrected chi connectivity index (χ1v) is 8.29. The van der Waals surface area contributed by atoms with Gasteiger partial charge in [0.1, 0.15) is 0 Å². The van der Waals surface area contributed by atoms with Crippen molar-refractivity contribution in [3.8, 4) is 0 Å². The lowest BCUT2D eigenvalue weighted by atomic mass is 10.1. The summed E-state index contributed by atoms with van der Waals surface area (Å²) in [5, 5.41) is 12.7. The van der Waals surface area contributed by atoms with Gasteiger partial charge in [-0.3, -0.25) is 14.2 Å². The summed E-state index contributed by atoms with van der Waals surface area (Å²) in [4.78, 5) is 11.9. The molecule has 3 aromatic rings. The van der Waals surface area contributed by atoms with Gasteiger partial charge in [0.25, 0.3) is 0 Å². The highest BCUT2D eigenvalue weighted by Crippen LogP contribution is 2.17. The van der Waals surface area contributed by atoms with Gasteiger partial charge in [-0.2, -0.15) is 10.2 Å². The molecule has 24 heavy (non-hydrogen) atoms. The Labute approximate surface area is 141 Å². The molecule has 3 rings (SSSR count). The van der Waals surface area contributed by atoms with Crippen molar-refractivity contribution in [2.24, 2.45) is 7.05 Å². The van der Waals surface area contributed by atoms with Gasteiger partial charge in [0.2, 0.25) is 5.91 Å². The second-order valence-electron chi connectivity index (χ2n) is 6.10. The van der Waals surface area contributed by atoms with E-state index >= 15 is 0 Å². The maximum atomic E-state index is 11.9. The summed E-state index contributed by atoms with van der Waals surface area (Å²) in [5.41, 5.74) is 3.48. The largest absolute Gasteiger partial charge is 0.356 e. The van der Waals surface area contributed by atoms with E-state index in [1.54, 1.807) is 10.9 Å². The number of nitrogens with zero attached hydrogens (tertiary/aromatic N) is 4. The van der Waals surface area contributed by atoms with Crippen molar-refractivity contribution in [1.82, 2.24) is 24.9 Å². The van der Waals surface area contributed by atoms with Gasteiger partial charge in [0, 0.05) is 38.1 Å². The quantitative estimate of drug-likeness (QED) is 0.677. The highest BCUT2D eigenvalue weighted by molar-refractivity contribution is 5.81. The number of nitrogens with one attached hydrogen (secondary N) is 1. The molecule has 1 N–H and O–H groups in total. The number of amides is 1. The fourth-order valence-electron chi connectivity index (χ4n) is 2.83. The minimum absolute atomic E-state index is 0.0834. The van der Waals surface area contributed by atoms with Crippen molar-refractivity contribution >= 4 is 16.8 Å². The zero-order valence-electron chi connectivity index (χ0n) is 14.2. The molecule has 0 atom stereocenters. The molecular weight excluding hydrogens is 302 g/mol. The van der Waals surface area contributed by atoms with Gasteiger partial charge >= 0.3 is 0 Å². The number of fused-ring (bicyclic) bond motifs is 1. The van der Waals surface area contributed by atoms with Gasteiger partial charge in [-0.05, 0) is 37.0 Å². The van der Waals surface area contributed by atoms with E-state index < -0.39 is 0 Å². The minimum atomic E-state index is 0.0834. The predicted molar refractivity (Wildman–Crippen MR) is 93.6 cm³/mol. The number of aryl methyl sites for hydroxylation is 4. The van der Waals surface area contributed by atoms with Crippen LogP contribution < -0.4 is 5.32 Å². The molecule has 1 aromatic carbocycles. The summed E-state index contributed by atoms with van der Waals surface area (Å²) in [6, 6.07) is 6.23. The third-order valence-corrected chi connectivity index (χ3v) is 4.17. The number of hydrogen-bond acceptors (Lipinski definition) is 3. The van der Waals surface area contributed by atoms with Crippen LogP contribution in [-0.2, 0) is 24.8 Å². The molecule has 126 valence electrons. The summed E-state index contributed by atoms with van der Waals surface area (Å²) in [7, 11) is 1.88. The van der Waals surface area contributed by atoms with Crippen LogP contribution in [0.5, 0.6) is 0 Å². The molecule has 0 aliphatic carbocycles. The van der Waals surface area contributed by atoms with Gasteiger partial charge < -0.3 is 5.32 Å². The van der Waals surface area contributed by atoms with Crippen LogP contribution in [0.1, 0.15) is 24.0 Å². The van der Waals surface area contributed by atoms with Crippen LogP contribution in [0.25, 0.3) is 10.9 Å². The second-order valence-corrected chi connectivity index (χ2v) is 6.10. The summed E-state index contributed by atoms with van der Waals surface area (Å²) < 4.78 is 3.76. The Morgan fingerprint density at radius 3 is 2.92 bits per heavy atom. The fourth-order valence-corrected chi connectivity index (χ4v) is 2.83. The molecule has 6 nitrogen and oxygen atoms in total. The Hall–Kier alpha value is -2.63. The maximum Gasteiger partial charge on any atom is 0.220 e. The van der Waals surface area contributed by atoms with Crippen LogP contribution in [0.2, 0.25) is 0 Å². The van der Waals surface area contributed by atoms with Crippen molar-refractivity contribution in [1.29, 1.82) is 0 Å². The summed E-state index contributed by atoms with van der Waals surface area (Å²) in [6.07, 6.45) is 7.75. The molecule has 0 radical (unpaired) electrons. The van der Waals surface area contributed by atoms with E-state index in [9.17, 15) is 4.79 Å². The number of carbonyl (C=O) groups is 1. The molecule has 6 heteroatoms. The van der Waals surface area contributed by atoms with Crippen LogP contribution >= 0.6 is 0 Å². The first kappa shape index (κ1) is 16.2. The number of rotatable bonds is 7. The van der Waals surface area contributed by atoms with E-state index in [-0.39, 0.29) is 5.91 Å². The Kier molecular flexibility index (Phi) is 4.93. The Morgan fingerprint density at radius 2 is 2.12 bits per heavy atom. The van der Waals surface area contributed by atoms with Crippen LogP contribution in [0, 0.1) is 6.92 Å². The average molecular weight is 325 g/mol. The number of carbonyl (C=O) groups excluding carboxylic acids is 1. The molecule has 2 heterocycles. The van der Waals surface area contributed by atoms with E-state index in [0.29, 0.717) is 13.0 Å². The Morgan fingerprint density at radius 1 is 1.25 bits per heavy atom. The summed E-state index contributed by atoms with van der Waals surface area (Å²) in [6.45, 7) is 3.56. The zero-order chi connectivity index (χ0) is 16.9. The minimum Gasteiger partial charge on any atom is -0.356 e. The van der Waals surface area contributed by atoms with Crippen molar-refractivity contribution in [2.45, 2.75) is 32.7 Å². The van der Waals surface area contributed by atoms with Crippen LogP contribution in [-0.4, -0.2) is 32.0 Å². The number of aromatic nitrogens is 4. The number of hydrogen-bond donors (Lipinski definition) is 1. The Bertz CT molecular complexity index is 833. The van der Waals surface area contributed by atoms with Crippen molar-refractivity contribution in [3.05, 3.63) is 47.9 Å². The monoisotopic (exact) mass is 325 g/mol. The lowest BCUT2D eigenvalue weighted by Crippen LogP contribution is -2.25. The van der Waals surface area contributed by atoms with Crippen LogP contribution in [0.4, 0.5) is 0 Å². The number of benzene rings is 1. The van der Waals surface area contributed by atoms with Gasteiger partial charge in [-0.1, -0.05) is 12.1 Å². The fraction of sp³-hybridized carbons (Fsp3) is 0.389. The van der Waals surface area contributed by atoms with Gasteiger partial charge in [-0.15, -0.1) is 0 Å². The van der Waals surface area contributed by atoms with E-state index in [1.807, 2.05) is 24.1 Å². The molecule has 0 bridgehead atoms. The summed E-state index contributed by atoms with van der Waals surface area (Å²) >= 11 is 0. The predicted octanol–water partition coefficient (Wildman–Crippen LogP) is 2.22. The first-order valence-electron chi connectivity index (χ1n) is 8.29. The molecule has 0 aliphatic rings. The van der Waals surface area contributed by atoms with Crippen LogP contribution in [0.3, 0.4) is 0 Å². The van der Waals surface area contributed by atoms with E-state index in [4.69, 9.17) is 0 Å². The van der Waals surface area contributed by atoms with Crippen molar-refractivity contribution in [2.75, 3.05) is 6.54 Å². The third kappa shape index (κ3) is 3.82. The lowest BCUT2D eigenvalue weighted by molar-refractivity contribution is -0.121. The molecule has 0 unspecified atom stereocenters. The van der Waals surface area contributed by atoms with Gasteiger partial charge in [0.15, 0.2) is 0 Å². The first-order chi connectivity index (χ1) is 11.6. The van der Waals surface area contributed by atoms with Gasteiger partial charge in [0.05, 0.1) is 17.9 Å². The standard InChI is InChI=1S/C18H23N5O/c1-14-5-3-6-17-16(14)12-21-23(17)10-4-9-19-18(24)8-7-15-11-20-22(2)13-15/h3,5-6,11-13H,4,7-10H2,1-2H3,(H,19,24). The van der Waals surface area contributed by atoms with E-state index in [2.05, 4.69) is 40.6 Å². The maximum absolute atomic E-state index is 11.9. The molecule has 0 aliphatic heterocycles. The molecule has 1 amide bonds. The van der Waals surface area contributed by atoms with Crippen molar-refractivity contribution in [3.63, 3.8) is 0 Å².